The molecule has 9 nitrogen and oxygen atoms in total. The van der Waals surface area contributed by atoms with E-state index in [-0.39, 0.29) is 51.8 Å². The third-order valence-corrected chi connectivity index (χ3v) is 15.6. The van der Waals surface area contributed by atoms with Crippen LogP contribution in [0, 0.1) is 44.8 Å². The third-order valence-electron chi connectivity index (χ3n) is 15.6. The Morgan fingerprint density at radius 1 is 0.767 bits per heavy atom. The molecule has 0 radical (unpaired) electrons. The summed E-state index contributed by atoms with van der Waals surface area (Å²) in [6.45, 7) is 12.9. The highest BCUT2D eigenvalue weighted by molar-refractivity contribution is 5.34. The lowest BCUT2D eigenvalue weighted by atomic mass is 9.41. The van der Waals surface area contributed by atoms with E-state index >= 15 is 0 Å². The van der Waals surface area contributed by atoms with E-state index in [0.29, 0.717) is 11.8 Å². The van der Waals surface area contributed by atoms with Crippen molar-refractivity contribution < 1.29 is 44.5 Å². The van der Waals surface area contributed by atoms with Crippen molar-refractivity contribution in [3.63, 3.8) is 0 Å². The van der Waals surface area contributed by atoms with E-state index < -0.39 is 48.2 Å². The number of aliphatic hydroxyl groups excluding tert-OH is 4. The van der Waals surface area contributed by atoms with E-state index in [2.05, 4.69) is 27.7 Å². The van der Waals surface area contributed by atoms with Gasteiger partial charge in [-0.1, -0.05) is 27.7 Å². The molecule has 16 atom stereocenters. The average molecular weight is 607 g/mol. The molecule has 9 heteroatoms. The fourth-order valence-corrected chi connectivity index (χ4v) is 13.4. The molecule has 8 rings (SSSR count). The van der Waals surface area contributed by atoms with Gasteiger partial charge in [-0.3, -0.25) is 0 Å². The normalized spacial score (nSPS) is 61.6. The molecular formula is C34H54O9. The molecule has 5 N–H and O–H groups in total. The van der Waals surface area contributed by atoms with E-state index in [0.717, 1.165) is 51.4 Å². The minimum atomic E-state index is -1.28. The van der Waals surface area contributed by atoms with Crippen molar-refractivity contribution in [1.82, 2.24) is 0 Å². The Bertz CT molecular complexity index is 1170. The molecule has 3 heterocycles. The number of ether oxygens (including phenoxy) is 4. The number of fused-ring (bicyclic) bond motifs is 4. The van der Waals surface area contributed by atoms with Crippen LogP contribution in [0.2, 0.25) is 0 Å². The van der Waals surface area contributed by atoms with Crippen molar-refractivity contribution in [2.75, 3.05) is 6.61 Å². The van der Waals surface area contributed by atoms with Gasteiger partial charge < -0.3 is 44.5 Å². The fourth-order valence-electron chi connectivity index (χ4n) is 13.4. The van der Waals surface area contributed by atoms with Gasteiger partial charge in [0.25, 0.3) is 0 Å². The molecule has 0 aromatic carbocycles. The van der Waals surface area contributed by atoms with E-state index in [1.54, 1.807) is 13.8 Å². The van der Waals surface area contributed by atoms with Crippen molar-refractivity contribution in [1.29, 1.82) is 0 Å². The van der Waals surface area contributed by atoms with Crippen molar-refractivity contribution >= 4 is 0 Å². The fraction of sp³-hybridized carbons (Fsp3) is 1.00. The van der Waals surface area contributed by atoms with Gasteiger partial charge in [-0.2, -0.15) is 0 Å². The highest BCUT2D eigenvalue weighted by Gasteiger charge is 2.87. The first-order chi connectivity index (χ1) is 20.0. The lowest BCUT2D eigenvalue weighted by Gasteiger charge is -2.63. The predicted octanol–water partition coefficient (Wildman–Crippen LogP) is 2.88. The Labute approximate surface area is 255 Å². The summed E-state index contributed by atoms with van der Waals surface area (Å²) in [4.78, 5) is 0. The first kappa shape index (κ1) is 30.0. The smallest absolute Gasteiger partial charge is 0.199 e. The van der Waals surface area contributed by atoms with Gasteiger partial charge in [-0.15, -0.1) is 0 Å². The van der Waals surface area contributed by atoms with Gasteiger partial charge in [0.2, 0.25) is 0 Å². The molecule has 244 valence electrons. The van der Waals surface area contributed by atoms with Gasteiger partial charge in [-0.25, -0.2) is 0 Å². The van der Waals surface area contributed by atoms with Gasteiger partial charge in [0.1, 0.15) is 30.5 Å². The van der Waals surface area contributed by atoms with Crippen LogP contribution in [0.25, 0.3) is 0 Å². The standard InChI is InChI=1S/C34H54O9/c1-28(2)19-9-10-21-31(6)27(38)34-20(8-7-18(42-34)25(43-34)29(3,4)39)30(31,5)13-14-33(21)16-32(19,33)12-11-22(28)41-26-24(37)23(36)17(35)15-40-26/h17-27,35-39H,7-16H2,1-6H3. The van der Waals surface area contributed by atoms with Crippen LogP contribution >= 0.6 is 0 Å². The van der Waals surface area contributed by atoms with Gasteiger partial charge >= 0.3 is 0 Å². The molecule has 0 aromatic rings. The van der Waals surface area contributed by atoms with Crippen LogP contribution in [0.1, 0.15) is 99.3 Å². The lowest BCUT2D eigenvalue weighted by molar-refractivity contribution is -0.303. The molecule has 0 aromatic heterocycles. The molecule has 5 aliphatic carbocycles. The zero-order valence-corrected chi connectivity index (χ0v) is 26.8. The second-order valence-corrected chi connectivity index (χ2v) is 17.7. The molecule has 2 bridgehead atoms. The Hall–Kier alpha value is -0.360. The topological polar surface area (TPSA) is 138 Å². The minimum absolute atomic E-state index is 0.0545. The Morgan fingerprint density at radius 3 is 2.16 bits per heavy atom. The minimum Gasteiger partial charge on any atom is -0.388 e. The molecule has 8 fully saturated rings. The number of hydrogen-bond donors (Lipinski definition) is 5. The highest BCUT2D eigenvalue weighted by atomic mass is 16.8. The zero-order valence-electron chi connectivity index (χ0n) is 26.8. The molecule has 3 spiro atoms. The van der Waals surface area contributed by atoms with Crippen molar-refractivity contribution in [2.24, 2.45) is 44.8 Å². The second kappa shape index (κ2) is 8.75. The summed E-state index contributed by atoms with van der Waals surface area (Å²) < 4.78 is 25.6. The molecule has 16 unspecified atom stereocenters. The maximum atomic E-state index is 12.5. The van der Waals surface area contributed by atoms with Crippen LogP contribution in [-0.4, -0.2) is 92.5 Å². The Morgan fingerprint density at radius 2 is 1.44 bits per heavy atom. The first-order valence-corrected chi connectivity index (χ1v) is 17.1. The Balaban J connectivity index is 1.08. The summed E-state index contributed by atoms with van der Waals surface area (Å²) in [5, 5.41) is 54.3. The molecule has 5 saturated carbocycles. The molecular weight excluding hydrogens is 552 g/mol. The van der Waals surface area contributed by atoms with Crippen LogP contribution in [0.5, 0.6) is 0 Å². The average Bonchev–Trinajstić information content (AvgIpc) is 3.47. The van der Waals surface area contributed by atoms with Gasteiger partial charge in [0.15, 0.2) is 12.1 Å². The SMILES string of the molecule is CC(C)(O)C1OC23OC1CCC2C1(C)CCC24CC25CCC(OC2OCC(O)C(O)C2O)C(C)(C)C5CCC4C1(C)C3O. The van der Waals surface area contributed by atoms with Gasteiger partial charge in [-0.05, 0) is 105 Å². The van der Waals surface area contributed by atoms with Crippen LogP contribution in [0.4, 0.5) is 0 Å². The molecule has 0 amide bonds. The molecule has 8 aliphatic rings. The van der Waals surface area contributed by atoms with E-state index in [1.807, 2.05) is 0 Å². The number of aliphatic hydroxyl groups is 5. The summed E-state index contributed by atoms with van der Waals surface area (Å²) >= 11 is 0. The van der Waals surface area contributed by atoms with Crippen molar-refractivity contribution in [3.05, 3.63) is 0 Å². The lowest BCUT2D eigenvalue weighted by Crippen LogP contribution is -2.61. The van der Waals surface area contributed by atoms with Crippen LogP contribution in [0.3, 0.4) is 0 Å². The summed E-state index contributed by atoms with van der Waals surface area (Å²) in [5.41, 5.74) is -1.31. The maximum Gasteiger partial charge on any atom is 0.199 e. The third kappa shape index (κ3) is 3.36. The summed E-state index contributed by atoms with van der Waals surface area (Å²) in [7, 11) is 0. The zero-order chi connectivity index (χ0) is 30.8. The molecule has 3 saturated heterocycles. The van der Waals surface area contributed by atoms with E-state index in [9.17, 15) is 25.5 Å². The first-order valence-electron chi connectivity index (χ1n) is 17.1. The quantitative estimate of drug-likeness (QED) is 0.307. The van der Waals surface area contributed by atoms with Gasteiger partial charge in [0, 0.05) is 11.3 Å². The van der Waals surface area contributed by atoms with E-state index in [4.69, 9.17) is 18.9 Å². The van der Waals surface area contributed by atoms with E-state index in [1.165, 1.54) is 6.42 Å². The van der Waals surface area contributed by atoms with Crippen LogP contribution in [0.15, 0.2) is 0 Å². The Kier molecular flexibility index (Phi) is 6.11. The van der Waals surface area contributed by atoms with Crippen LogP contribution < -0.4 is 0 Å². The summed E-state index contributed by atoms with van der Waals surface area (Å²) in [6.07, 6.45) is 3.08. The van der Waals surface area contributed by atoms with Crippen molar-refractivity contribution in [2.45, 2.75) is 160 Å². The van der Waals surface area contributed by atoms with Gasteiger partial charge in [0.05, 0.1) is 24.4 Å². The highest BCUT2D eigenvalue weighted by Crippen LogP contribution is 2.90. The largest absolute Gasteiger partial charge is 0.388 e. The maximum absolute atomic E-state index is 12.5. The number of hydrogen-bond acceptors (Lipinski definition) is 9. The second-order valence-electron chi connectivity index (χ2n) is 17.7. The monoisotopic (exact) mass is 606 g/mol. The van der Waals surface area contributed by atoms with Crippen LogP contribution in [-0.2, 0) is 18.9 Å². The summed E-state index contributed by atoms with van der Waals surface area (Å²) in [5.74, 6) is -0.137. The molecule has 43 heavy (non-hydrogen) atoms. The number of rotatable bonds is 3. The summed E-state index contributed by atoms with van der Waals surface area (Å²) in [6, 6.07) is 0. The molecule has 3 aliphatic heterocycles. The van der Waals surface area contributed by atoms with Crippen molar-refractivity contribution in [3.8, 4) is 0 Å². The predicted molar refractivity (Wildman–Crippen MR) is 154 cm³/mol.